The molecule has 2 aromatic carbocycles. The Morgan fingerprint density at radius 3 is 2.56 bits per heavy atom. The Kier molecular flexibility index (Phi) is 5.78. The van der Waals surface area contributed by atoms with E-state index < -0.39 is 5.56 Å². The fourth-order valence-electron chi connectivity index (χ4n) is 2.40. The Morgan fingerprint density at radius 2 is 1.85 bits per heavy atom. The Morgan fingerprint density at radius 1 is 1.15 bits per heavy atom. The lowest BCUT2D eigenvalue weighted by atomic mass is 10.2. The van der Waals surface area contributed by atoms with Gasteiger partial charge in [0.2, 0.25) is 0 Å². The predicted molar refractivity (Wildman–Crippen MR) is 105 cm³/mol. The second kappa shape index (κ2) is 8.24. The third kappa shape index (κ3) is 4.13. The molecular weight excluding hydrogens is 389 g/mol. The van der Waals surface area contributed by atoms with Crippen LogP contribution in [0.15, 0.2) is 59.5 Å². The quantitative estimate of drug-likeness (QED) is 0.692. The molecular formula is C19H15Cl2N3O3. The Labute approximate surface area is 165 Å². The van der Waals surface area contributed by atoms with Gasteiger partial charge in [0.15, 0.2) is 0 Å². The van der Waals surface area contributed by atoms with E-state index in [2.05, 4.69) is 10.4 Å². The maximum atomic E-state index is 12.5. The van der Waals surface area contributed by atoms with Crippen LogP contribution in [0, 0.1) is 0 Å². The molecule has 1 amide bonds. The Bertz CT molecular complexity index is 1030. The van der Waals surface area contributed by atoms with E-state index in [0.29, 0.717) is 29.3 Å². The molecule has 1 heterocycles. The first-order valence-corrected chi connectivity index (χ1v) is 8.83. The first kappa shape index (κ1) is 18.9. The highest BCUT2D eigenvalue weighted by Gasteiger charge is 2.12. The largest absolute Gasteiger partial charge is 0.492 e. The molecule has 3 rings (SSSR count). The summed E-state index contributed by atoms with van der Waals surface area (Å²) in [5, 5.41) is 6.74. The SMILES string of the molecule is CCOc1ccccc1NC(=O)c1ccc(-n2ncc(Cl)c(Cl)c2=O)cc1. The minimum absolute atomic E-state index is 0.0851. The minimum Gasteiger partial charge on any atom is -0.492 e. The second-order valence-electron chi connectivity index (χ2n) is 5.45. The molecule has 6 nitrogen and oxygen atoms in total. The van der Waals surface area contributed by atoms with E-state index in [9.17, 15) is 9.59 Å². The molecule has 0 unspecified atom stereocenters. The Hall–Kier alpha value is -2.83. The molecule has 0 aliphatic carbocycles. The lowest BCUT2D eigenvalue weighted by molar-refractivity contribution is 0.102. The minimum atomic E-state index is -0.535. The van der Waals surface area contributed by atoms with Gasteiger partial charge in [-0.15, -0.1) is 0 Å². The fraction of sp³-hybridized carbons (Fsp3) is 0.105. The summed E-state index contributed by atoms with van der Waals surface area (Å²) >= 11 is 11.6. The van der Waals surface area contributed by atoms with E-state index >= 15 is 0 Å². The smallest absolute Gasteiger partial charge is 0.291 e. The standard InChI is InChI=1S/C19H15Cl2N3O3/c1-2-27-16-6-4-3-5-15(16)23-18(25)12-7-9-13(10-8-12)24-19(26)17(21)14(20)11-22-24/h3-11H,2H2,1H3,(H,23,25). The van der Waals surface area contributed by atoms with Gasteiger partial charge in [-0.1, -0.05) is 35.3 Å². The number of nitrogens with one attached hydrogen (secondary N) is 1. The van der Waals surface area contributed by atoms with Crippen molar-refractivity contribution in [1.29, 1.82) is 0 Å². The molecule has 8 heteroatoms. The maximum absolute atomic E-state index is 12.5. The monoisotopic (exact) mass is 403 g/mol. The molecule has 0 atom stereocenters. The normalized spacial score (nSPS) is 10.5. The highest BCUT2D eigenvalue weighted by Crippen LogP contribution is 2.24. The van der Waals surface area contributed by atoms with E-state index in [0.717, 1.165) is 4.68 Å². The zero-order valence-corrected chi connectivity index (χ0v) is 15.8. The first-order chi connectivity index (χ1) is 13.0. The number of hydrogen-bond donors (Lipinski definition) is 1. The highest BCUT2D eigenvalue weighted by molar-refractivity contribution is 6.41. The molecule has 0 radical (unpaired) electrons. The van der Waals surface area contributed by atoms with Crippen molar-refractivity contribution in [2.45, 2.75) is 6.92 Å². The number of aromatic nitrogens is 2. The van der Waals surface area contributed by atoms with Crippen LogP contribution in [0.1, 0.15) is 17.3 Å². The van der Waals surface area contributed by atoms with Crippen LogP contribution >= 0.6 is 23.2 Å². The summed E-state index contributed by atoms with van der Waals surface area (Å²) in [5.41, 5.74) is 0.922. The van der Waals surface area contributed by atoms with Crippen molar-refractivity contribution >= 4 is 34.8 Å². The van der Waals surface area contributed by atoms with Crippen molar-refractivity contribution in [2.24, 2.45) is 0 Å². The van der Waals surface area contributed by atoms with Crippen molar-refractivity contribution in [3.05, 3.63) is 80.7 Å². The zero-order valence-electron chi connectivity index (χ0n) is 14.3. The molecule has 0 aliphatic rings. The van der Waals surface area contributed by atoms with Crippen molar-refractivity contribution in [3.63, 3.8) is 0 Å². The van der Waals surface area contributed by atoms with Gasteiger partial charge in [0.25, 0.3) is 11.5 Å². The Balaban J connectivity index is 1.83. The summed E-state index contributed by atoms with van der Waals surface area (Å²) < 4.78 is 6.61. The average Bonchev–Trinajstić information content (AvgIpc) is 2.68. The molecule has 1 N–H and O–H groups in total. The van der Waals surface area contributed by atoms with E-state index in [1.54, 1.807) is 36.4 Å². The summed E-state index contributed by atoms with van der Waals surface area (Å²) in [6, 6.07) is 13.6. The number of hydrogen-bond acceptors (Lipinski definition) is 4. The summed E-state index contributed by atoms with van der Waals surface area (Å²) in [4.78, 5) is 24.6. The van der Waals surface area contributed by atoms with E-state index in [4.69, 9.17) is 27.9 Å². The third-order valence-corrected chi connectivity index (χ3v) is 4.43. The van der Waals surface area contributed by atoms with Crippen LogP contribution in [0.4, 0.5) is 5.69 Å². The molecule has 1 aromatic heterocycles. The van der Waals surface area contributed by atoms with E-state index in [1.807, 2.05) is 19.1 Å². The molecule has 0 fully saturated rings. The number of para-hydroxylation sites is 2. The zero-order chi connectivity index (χ0) is 19.4. The lowest BCUT2D eigenvalue weighted by Crippen LogP contribution is -2.21. The number of carbonyl (C=O) groups is 1. The number of ether oxygens (including phenoxy) is 1. The van der Waals surface area contributed by atoms with Crippen LogP contribution in [0.25, 0.3) is 5.69 Å². The van der Waals surface area contributed by atoms with Crippen LogP contribution in [0.3, 0.4) is 0 Å². The number of amides is 1. The van der Waals surface area contributed by atoms with Gasteiger partial charge in [-0.05, 0) is 43.3 Å². The molecule has 27 heavy (non-hydrogen) atoms. The number of rotatable bonds is 5. The highest BCUT2D eigenvalue weighted by atomic mass is 35.5. The number of halogens is 2. The molecule has 0 aliphatic heterocycles. The van der Waals surface area contributed by atoms with Crippen molar-refractivity contribution < 1.29 is 9.53 Å². The number of benzene rings is 2. The summed E-state index contributed by atoms with van der Waals surface area (Å²) in [7, 11) is 0. The van der Waals surface area contributed by atoms with Gasteiger partial charge in [-0.3, -0.25) is 9.59 Å². The molecule has 0 saturated heterocycles. The van der Waals surface area contributed by atoms with Crippen molar-refractivity contribution in [3.8, 4) is 11.4 Å². The van der Waals surface area contributed by atoms with Gasteiger partial charge in [0.05, 0.1) is 29.2 Å². The summed E-state index contributed by atoms with van der Waals surface area (Å²) in [6.45, 7) is 2.36. The number of nitrogens with zero attached hydrogens (tertiary/aromatic N) is 2. The number of carbonyl (C=O) groups excluding carboxylic acids is 1. The summed E-state index contributed by atoms with van der Waals surface area (Å²) in [6.07, 6.45) is 1.29. The second-order valence-corrected chi connectivity index (χ2v) is 6.24. The number of anilines is 1. The van der Waals surface area contributed by atoms with Crippen LogP contribution in [-0.4, -0.2) is 22.3 Å². The molecule has 0 bridgehead atoms. The van der Waals surface area contributed by atoms with Gasteiger partial charge < -0.3 is 10.1 Å². The van der Waals surface area contributed by atoms with Gasteiger partial charge in [-0.2, -0.15) is 9.78 Å². The van der Waals surface area contributed by atoms with Crippen molar-refractivity contribution in [1.82, 2.24) is 9.78 Å². The average molecular weight is 404 g/mol. The van der Waals surface area contributed by atoms with Crippen LogP contribution < -0.4 is 15.6 Å². The summed E-state index contributed by atoms with van der Waals surface area (Å²) in [5.74, 6) is 0.291. The van der Waals surface area contributed by atoms with Crippen molar-refractivity contribution in [2.75, 3.05) is 11.9 Å². The predicted octanol–water partition coefficient (Wildman–Crippen LogP) is 4.19. The van der Waals surface area contributed by atoms with E-state index in [1.165, 1.54) is 6.20 Å². The van der Waals surface area contributed by atoms with E-state index in [-0.39, 0.29) is 16.0 Å². The topological polar surface area (TPSA) is 73.2 Å². The van der Waals surface area contributed by atoms with Gasteiger partial charge in [0, 0.05) is 5.56 Å². The van der Waals surface area contributed by atoms with Gasteiger partial charge in [-0.25, -0.2) is 0 Å². The fourth-order valence-corrected chi connectivity index (χ4v) is 2.65. The van der Waals surface area contributed by atoms with Crippen LogP contribution in [0.5, 0.6) is 5.75 Å². The van der Waals surface area contributed by atoms with Gasteiger partial charge in [0.1, 0.15) is 10.8 Å². The molecule has 138 valence electrons. The third-order valence-electron chi connectivity index (χ3n) is 3.69. The molecule has 0 saturated carbocycles. The molecule has 0 spiro atoms. The van der Waals surface area contributed by atoms with Crippen LogP contribution in [-0.2, 0) is 0 Å². The molecule has 3 aromatic rings. The first-order valence-electron chi connectivity index (χ1n) is 8.08. The van der Waals surface area contributed by atoms with Gasteiger partial charge >= 0.3 is 0 Å². The maximum Gasteiger partial charge on any atom is 0.291 e. The lowest BCUT2D eigenvalue weighted by Gasteiger charge is -2.11. The van der Waals surface area contributed by atoms with Crippen LogP contribution in [0.2, 0.25) is 10.0 Å².